The van der Waals surface area contributed by atoms with E-state index in [0.717, 1.165) is 16.6 Å². The van der Waals surface area contributed by atoms with Crippen LogP contribution in [0, 0.1) is 0 Å². The van der Waals surface area contributed by atoms with Crippen LogP contribution >= 0.6 is 0 Å². The maximum absolute atomic E-state index is 14.0. The van der Waals surface area contributed by atoms with Crippen molar-refractivity contribution in [2.45, 2.75) is 6.43 Å². The number of ether oxygens (including phenoxy) is 1. The van der Waals surface area contributed by atoms with E-state index in [-0.39, 0.29) is 11.9 Å². The lowest BCUT2D eigenvalue weighted by atomic mass is 10.2. The number of morpholine rings is 1. The summed E-state index contributed by atoms with van der Waals surface area (Å²) in [6, 6.07) is 12.5. The number of rotatable bonds is 5. The number of nitrogens with zero attached hydrogens (tertiary/aromatic N) is 7. The van der Waals surface area contributed by atoms with Gasteiger partial charge in [0.25, 0.3) is 6.43 Å². The van der Waals surface area contributed by atoms with Crippen LogP contribution in [0.4, 0.5) is 26.4 Å². The SMILES string of the molecule is FC(F)c1nc2ccccc2n1-c1nc(Nc2ccc3[nH]ncc3c2)nc(N2CCOCC2)n1. The van der Waals surface area contributed by atoms with E-state index in [2.05, 4.69) is 35.5 Å². The molecule has 0 saturated carbocycles. The Kier molecular flexibility index (Phi) is 4.99. The fourth-order valence-corrected chi connectivity index (χ4v) is 3.97. The molecule has 4 heterocycles. The maximum Gasteiger partial charge on any atom is 0.296 e. The lowest BCUT2D eigenvalue weighted by molar-refractivity contribution is 0.122. The minimum Gasteiger partial charge on any atom is -0.378 e. The molecule has 10 nitrogen and oxygen atoms in total. The Hall–Kier alpha value is -4.19. The highest BCUT2D eigenvalue weighted by Gasteiger charge is 2.24. The smallest absolute Gasteiger partial charge is 0.296 e. The summed E-state index contributed by atoms with van der Waals surface area (Å²) in [4.78, 5) is 19.7. The highest BCUT2D eigenvalue weighted by molar-refractivity contribution is 5.82. The second-order valence-corrected chi connectivity index (χ2v) is 7.75. The largest absolute Gasteiger partial charge is 0.378 e. The van der Waals surface area contributed by atoms with Gasteiger partial charge in [-0.2, -0.15) is 20.1 Å². The molecule has 0 amide bonds. The van der Waals surface area contributed by atoms with Crippen LogP contribution in [0.15, 0.2) is 48.7 Å². The van der Waals surface area contributed by atoms with Gasteiger partial charge in [-0.3, -0.25) is 9.67 Å². The van der Waals surface area contributed by atoms with Crippen molar-refractivity contribution >= 4 is 39.5 Å². The molecule has 6 rings (SSSR count). The quantitative estimate of drug-likeness (QED) is 0.407. The first kappa shape index (κ1) is 20.4. The summed E-state index contributed by atoms with van der Waals surface area (Å²) >= 11 is 0. The van der Waals surface area contributed by atoms with Gasteiger partial charge in [0.15, 0.2) is 5.82 Å². The van der Waals surface area contributed by atoms with Gasteiger partial charge in [-0.25, -0.2) is 13.8 Å². The topological polar surface area (TPSA) is 110 Å². The van der Waals surface area contributed by atoms with E-state index in [9.17, 15) is 8.78 Å². The summed E-state index contributed by atoms with van der Waals surface area (Å²) in [5, 5.41) is 11.0. The van der Waals surface area contributed by atoms with Crippen molar-refractivity contribution in [1.29, 1.82) is 0 Å². The molecule has 1 aliphatic heterocycles. The summed E-state index contributed by atoms with van der Waals surface area (Å²) in [6.45, 7) is 2.21. The van der Waals surface area contributed by atoms with Crippen LogP contribution in [0.2, 0.25) is 0 Å². The second kappa shape index (κ2) is 8.30. The number of halogens is 2. The molecule has 34 heavy (non-hydrogen) atoms. The van der Waals surface area contributed by atoms with Gasteiger partial charge in [-0.1, -0.05) is 12.1 Å². The van der Waals surface area contributed by atoms with Gasteiger partial charge in [0, 0.05) is 24.2 Å². The first-order valence-electron chi connectivity index (χ1n) is 10.7. The first-order valence-corrected chi connectivity index (χ1v) is 10.7. The molecule has 5 aromatic rings. The van der Waals surface area contributed by atoms with Gasteiger partial charge in [0.1, 0.15) is 0 Å². The molecule has 0 atom stereocenters. The third-order valence-corrected chi connectivity index (χ3v) is 5.58. The lowest BCUT2D eigenvalue weighted by Crippen LogP contribution is -2.37. The number of imidazole rings is 1. The molecule has 0 unspecified atom stereocenters. The molecule has 3 aromatic heterocycles. The van der Waals surface area contributed by atoms with Crippen LogP contribution in [-0.4, -0.2) is 61.0 Å². The zero-order chi connectivity index (χ0) is 23.1. The second-order valence-electron chi connectivity index (χ2n) is 7.75. The van der Waals surface area contributed by atoms with Crippen molar-refractivity contribution < 1.29 is 13.5 Å². The molecule has 0 spiro atoms. The molecule has 172 valence electrons. The van der Waals surface area contributed by atoms with Crippen LogP contribution in [0.3, 0.4) is 0 Å². The Bertz CT molecular complexity index is 1480. The van der Waals surface area contributed by atoms with Crippen molar-refractivity contribution in [1.82, 2.24) is 34.7 Å². The molecule has 0 aliphatic carbocycles. The summed E-state index contributed by atoms with van der Waals surface area (Å²) in [5.74, 6) is 0.240. The third kappa shape index (κ3) is 3.67. The predicted octanol–water partition coefficient (Wildman–Crippen LogP) is 3.60. The van der Waals surface area contributed by atoms with Crippen molar-refractivity contribution in [3.8, 4) is 5.95 Å². The fraction of sp³-hybridized carbons (Fsp3) is 0.227. The highest BCUT2D eigenvalue weighted by Crippen LogP contribution is 2.28. The van der Waals surface area contributed by atoms with Crippen LogP contribution in [0.5, 0.6) is 0 Å². The summed E-state index contributed by atoms with van der Waals surface area (Å²) in [5.41, 5.74) is 2.54. The summed E-state index contributed by atoms with van der Waals surface area (Å²) in [6.07, 6.45) is -1.10. The Morgan fingerprint density at radius 1 is 0.971 bits per heavy atom. The molecule has 2 aromatic carbocycles. The number of nitrogens with one attached hydrogen (secondary N) is 2. The Balaban J connectivity index is 1.49. The van der Waals surface area contributed by atoms with E-state index in [1.54, 1.807) is 30.5 Å². The van der Waals surface area contributed by atoms with E-state index in [1.165, 1.54) is 4.57 Å². The number of aromatic nitrogens is 7. The van der Waals surface area contributed by atoms with Crippen molar-refractivity contribution in [3.63, 3.8) is 0 Å². The Labute approximate surface area is 191 Å². The highest BCUT2D eigenvalue weighted by atomic mass is 19.3. The van der Waals surface area contributed by atoms with Crippen molar-refractivity contribution in [3.05, 3.63) is 54.5 Å². The van der Waals surface area contributed by atoms with E-state index < -0.39 is 12.2 Å². The summed E-state index contributed by atoms with van der Waals surface area (Å²) < 4.78 is 34.7. The van der Waals surface area contributed by atoms with Crippen molar-refractivity contribution in [2.75, 3.05) is 36.5 Å². The van der Waals surface area contributed by atoms with Gasteiger partial charge in [0.2, 0.25) is 17.8 Å². The van der Waals surface area contributed by atoms with E-state index >= 15 is 0 Å². The number of hydrogen-bond donors (Lipinski definition) is 2. The molecule has 1 aliphatic rings. The number of para-hydroxylation sites is 2. The molecule has 1 fully saturated rings. The fourth-order valence-electron chi connectivity index (χ4n) is 3.97. The van der Waals surface area contributed by atoms with Gasteiger partial charge in [-0.15, -0.1) is 0 Å². The minimum absolute atomic E-state index is 0.0624. The molecular weight excluding hydrogens is 444 g/mol. The monoisotopic (exact) mass is 463 g/mol. The van der Waals surface area contributed by atoms with E-state index in [0.29, 0.717) is 43.3 Å². The van der Waals surface area contributed by atoms with Crippen LogP contribution in [0.1, 0.15) is 12.2 Å². The average molecular weight is 463 g/mol. The zero-order valence-corrected chi connectivity index (χ0v) is 17.8. The Morgan fingerprint density at radius 2 is 1.79 bits per heavy atom. The maximum atomic E-state index is 14.0. The predicted molar refractivity (Wildman–Crippen MR) is 122 cm³/mol. The zero-order valence-electron chi connectivity index (χ0n) is 17.8. The molecule has 0 radical (unpaired) electrons. The van der Waals surface area contributed by atoms with Gasteiger partial charge in [0.05, 0.1) is 36.0 Å². The van der Waals surface area contributed by atoms with Crippen molar-refractivity contribution in [2.24, 2.45) is 0 Å². The van der Waals surface area contributed by atoms with Gasteiger partial charge >= 0.3 is 0 Å². The number of H-pyrrole nitrogens is 1. The number of hydrogen-bond acceptors (Lipinski definition) is 8. The third-order valence-electron chi connectivity index (χ3n) is 5.58. The first-order chi connectivity index (χ1) is 16.7. The number of alkyl halides is 2. The minimum atomic E-state index is -2.81. The molecule has 1 saturated heterocycles. The number of aromatic amines is 1. The standard InChI is InChI=1S/C22H19F2N9O/c23-18(24)19-27-16-3-1-2-4-17(16)33(19)22-29-20(28-21(30-22)32-7-9-34-10-8-32)26-14-5-6-15-13(11-14)12-25-31-15/h1-6,11-12,18H,7-10H2,(H,25,31)(H,26,28,29,30). The number of fused-ring (bicyclic) bond motifs is 2. The van der Waals surface area contributed by atoms with Gasteiger partial charge < -0.3 is 15.0 Å². The van der Waals surface area contributed by atoms with E-state index in [4.69, 9.17) is 4.74 Å². The average Bonchev–Trinajstić information content (AvgIpc) is 3.49. The molecular formula is C22H19F2N9O. The Morgan fingerprint density at radius 3 is 2.65 bits per heavy atom. The number of anilines is 3. The van der Waals surface area contributed by atoms with Crippen LogP contribution in [-0.2, 0) is 4.74 Å². The van der Waals surface area contributed by atoms with Crippen LogP contribution < -0.4 is 10.2 Å². The van der Waals surface area contributed by atoms with Gasteiger partial charge in [-0.05, 0) is 30.3 Å². The molecule has 12 heteroatoms. The summed E-state index contributed by atoms with van der Waals surface area (Å²) in [7, 11) is 0. The lowest BCUT2D eigenvalue weighted by Gasteiger charge is -2.27. The molecule has 2 N–H and O–H groups in total. The number of benzene rings is 2. The molecule has 0 bridgehead atoms. The van der Waals surface area contributed by atoms with Crippen LogP contribution in [0.25, 0.3) is 27.9 Å². The van der Waals surface area contributed by atoms with E-state index in [1.807, 2.05) is 23.1 Å². The normalized spacial score (nSPS) is 14.4.